The molecule has 0 saturated carbocycles. The molecule has 1 atom stereocenters. The molecule has 0 bridgehead atoms. The van der Waals surface area contributed by atoms with E-state index in [9.17, 15) is 4.79 Å². The summed E-state index contributed by atoms with van der Waals surface area (Å²) in [7, 11) is 0. The highest BCUT2D eigenvalue weighted by atomic mass is 32.2. The zero-order chi connectivity index (χ0) is 18.4. The molecule has 0 fully saturated rings. The van der Waals surface area contributed by atoms with Gasteiger partial charge in [-0.25, -0.2) is 0 Å². The van der Waals surface area contributed by atoms with Crippen LogP contribution in [-0.4, -0.2) is 26.4 Å². The van der Waals surface area contributed by atoms with Crippen molar-refractivity contribution in [1.29, 1.82) is 0 Å². The third-order valence-electron chi connectivity index (χ3n) is 3.78. The van der Waals surface area contributed by atoms with Gasteiger partial charge in [0.1, 0.15) is 0 Å². The Morgan fingerprint density at radius 2 is 2.12 bits per heavy atom. The Hall–Kier alpha value is -2.80. The fraction of sp³-hybridized carbons (Fsp3) is 0.211. The maximum Gasteiger partial charge on any atom is 0.230 e. The zero-order valence-electron chi connectivity index (χ0n) is 14.5. The van der Waals surface area contributed by atoms with Crippen LogP contribution in [0.4, 0.5) is 0 Å². The van der Waals surface area contributed by atoms with Crippen molar-refractivity contribution in [3.8, 4) is 11.6 Å². The van der Waals surface area contributed by atoms with Crippen molar-refractivity contribution in [3.05, 3.63) is 66.9 Å². The predicted octanol–water partition coefficient (Wildman–Crippen LogP) is 3.69. The van der Waals surface area contributed by atoms with Gasteiger partial charge in [-0.3, -0.25) is 9.36 Å². The van der Waals surface area contributed by atoms with Gasteiger partial charge in [-0.2, -0.15) is 0 Å². The summed E-state index contributed by atoms with van der Waals surface area (Å²) in [5.74, 6) is 1.45. The van der Waals surface area contributed by atoms with Crippen LogP contribution in [0, 0.1) is 0 Å². The first-order valence-electron chi connectivity index (χ1n) is 8.24. The van der Waals surface area contributed by atoms with Crippen molar-refractivity contribution in [3.63, 3.8) is 0 Å². The van der Waals surface area contributed by atoms with Crippen LogP contribution < -0.4 is 5.32 Å². The molecule has 0 aliphatic rings. The van der Waals surface area contributed by atoms with Gasteiger partial charge in [-0.1, -0.05) is 48.2 Å². The third-order valence-corrected chi connectivity index (χ3v) is 4.75. The lowest BCUT2D eigenvalue weighted by atomic mass is 10.1. The lowest BCUT2D eigenvalue weighted by Crippen LogP contribution is -2.28. The fourth-order valence-electron chi connectivity index (χ4n) is 2.52. The average molecular weight is 368 g/mol. The first kappa shape index (κ1) is 18.0. The molecule has 6 nitrogen and oxygen atoms in total. The lowest BCUT2D eigenvalue weighted by Gasteiger charge is -2.14. The summed E-state index contributed by atoms with van der Waals surface area (Å²) >= 11 is 1.34. The molecular weight excluding hydrogens is 348 g/mol. The van der Waals surface area contributed by atoms with Crippen molar-refractivity contribution in [2.45, 2.75) is 24.7 Å². The Bertz CT molecular complexity index is 859. The highest BCUT2D eigenvalue weighted by Gasteiger charge is 2.17. The van der Waals surface area contributed by atoms with E-state index in [0.717, 1.165) is 5.56 Å². The van der Waals surface area contributed by atoms with Gasteiger partial charge < -0.3 is 9.73 Å². The van der Waals surface area contributed by atoms with E-state index < -0.39 is 0 Å². The highest BCUT2D eigenvalue weighted by Crippen LogP contribution is 2.24. The topological polar surface area (TPSA) is 73.0 Å². The Morgan fingerprint density at radius 3 is 2.81 bits per heavy atom. The van der Waals surface area contributed by atoms with Gasteiger partial charge in [-0.05, 0) is 24.6 Å². The van der Waals surface area contributed by atoms with Gasteiger partial charge in [0.15, 0.2) is 10.9 Å². The van der Waals surface area contributed by atoms with E-state index in [-0.39, 0.29) is 17.7 Å². The molecule has 0 saturated heterocycles. The largest absolute Gasteiger partial charge is 0.461 e. The number of thioether (sulfide) groups is 1. The number of allylic oxidation sites excluding steroid dienone is 1. The minimum Gasteiger partial charge on any atom is -0.461 e. The second kappa shape index (κ2) is 8.53. The molecule has 1 amide bonds. The van der Waals surface area contributed by atoms with Crippen molar-refractivity contribution < 1.29 is 9.21 Å². The van der Waals surface area contributed by atoms with Crippen LogP contribution in [0.15, 0.2) is 71.0 Å². The molecule has 2 heterocycles. The third kappa shape index (κ3) is 4.23. The van der Waals surface area contributed by atoms with Crippen LogP contribution in [-0.2, 0) is 11.3 Å². The number of aromatic nitrogens is 3. The maximum absolute atomic E-state index is 12.3. The van der Waals surface area contributed by atoms with Gasteiger partial charge in [0.2, 0.25) is 11.7 Å². The molecule has 1 N–H and O–H groups in total. The number of carbonyl (C=O) groups is 1. The normalized spacial score (nSPS) is 11.9. The summed E-state index contributed by atoms with van der Waals surface area (Å²) in [5, 5.41) is 12.0. The molecule has 0 radical (unpaired) electrons. The summed E-state index contributed by atoms with van der Waals surface area (Å²) in [4.78, 5) is 12.3. The summed E-state index contributed by atoms with van der Waals surface area (Å²) in [5.41, 5.74) is 1.07. The summed E-state index contributed by atoms with van der Waals surface area (Å²) in [6.07, 6.45) is 3.35. The van der Waals surface area contributed by atoms with Crippen LogP contribution >= 0.6 is 11.8 Å². The van der Waals surface area contributed by atoms with E-state index in [2.05, 4.69) is 22.1 Å². The molecule has 26 heavy (non-hydrogen) atoms. The number of nitrogens with zero attached hydrogens (tertiary/aromatic N) is 3. The monoisotopic (exact) mass is 368 g/mol. The number of amides is 1. The summed E-state index contributed by atoms with van der Waals surface area (Å²) < 4.78 is 7.28. The molecule has 0 aliphatic heterocycles. The number of carbonyl (C=O) groups excluding carboxylic acids is 1. The van der Waals surface area contributed by atoms with Crippen molar-refractivity contribution in [1.82, 2.24) is 20.1 Å². The highest BCUT2D eigenvalue weighted by molar-refractivity contribution is 7.99. The molecule has 1 unspecified atom stereocenters. The second-order valence-corrected chi connectivity index (χ2v) is 6.61. The van der Waals surface area contributed by atoms with Gasteiger partial charge in [0, 0.05) is 6.54 Å². The zero-order valence-corrected chi connectivity index (χ0v) is 15.3. The molecule has 0 spiro atoms. The Morgan fingerprint density at radius 1 is 1.31 bits per heavy atom. The summed E-state index contributed by atoms with van der Waals surface area (Å²) in [6.45, 7) is 6.27. The van der Waals surface area contributed by atoms with Gasteiger partial charge in [0.05, 0.1) is 18.1 Å². The quantitative estimate of drug-likeness (QED) is 0.485. The van der Waals surface area contributed by atoms with E-state index in [1.807, 2.05) is 47.9 Å². The molecule has 3 aromatic rings. The van der Waals surface area contributed by atoms with E-state index in [4.69, 9.17) is 4.42 Å². The SMILES string of the molecule is C=CCn1c(SCC(=O)NC(C)c2ccccc2)nnc1-c1ccco1. The van der Waals surface area contributed by atoms with Crippen LogP contribution in [0.1, 0.15) is 18.5 Å². The Kier molecular flexibility index (Phi) is 5.91. The van der Waals surface area contributed by atoms with Crippen molar-refractivity contribution in [2.24, 2.45) is 0 Å². The predicted molar refractivity (Wildman–Crippen MR) is 102 cm³/mol. The lowest BCUT2D eigenvalue weighted by molar-refractivity contribution is -0.119. The van der Waals surface area contributed by atoms with Crippen molar-refractivity contribution in [2.75, 3.05) is 5.75 Å². The van der Waals surface area contributed by atoms with E-state index in [0.29, 0.717) is 23.3 Å². The van der Waals surface area contributed by atoms with Gasteiger partial charge >= 0.3 is 0 Å². The molecule has 3 rings (SSSR count). The molecule has 7 heteroatoms. The number of furan rings is 1. The van der Waals surface area contributed by atoms with Crippen LogP contribution in [0.2, 0.25) is 0 Å². The number of nitrogens with one attached hydrogen (secondary N) is 1. The number of benzene rings is 1. The van der Waals surface area contributed by atoms with Gasteiger partial charge in [0.25, 0.3) is 0 Å². The molecule has 2 aromatic heterocycles. The average Bonchev–Trinajstić information content (AvgIpc) is 3.31. The molecular formula is C19H20N4O2S. The van der Waals surface area contributed by atoms with E-state index in [1.165, 1.54) is 11.8 Å². The Balaban J connectivity index is 1.64. The number of hydrogen-bond donors (Lipinski definition) is 1. The van der Waals surface area contributed by atoms with Crippen LogP contribution in [0.3, 0.4) is 0 Å². The summed E-state index contributed by atoms with van der Waals surface area (Å²) in [6, 6.07) is 13.4. The second-order valence-electron chi connectivity index (χ2n) is 5.67. The molecule has 134 valence electrons. The van der Waals surface area contributed by atoms with Gasteiger partial charge in [-0.15, -0.1) is 16.8 Å². The Labute approximate surface area is 156 Å². The minimum absolute atomic E-state index is 0.0472. The van der Waals surface area contributed by atoms with Crippen LogP contribution in [0.25, 0.3) is 11.6 Å². The van der Waals surface area contributed by atoms with E-state index in [1.54, 1.807) is 18.4 Å². The fourth-order valence-corrected chi connectivity index (χ4v) is 3.27. The standard InChI is InChI=1S/C19H20N4O2S/c1-3-11-23-18(16-10-7-12-25-16)21-22-19(23)26-13-17(24)20-14(2)15-8-5-4-6-9-15/h3-10,12,14H,1,11,13H2,2H3,(H,20,24). The first-order valence-corrected chi connectivity index (χ1v) is 9.22. The van der Waals surface area contributed by atoms with Crippen LogP contribution in [0.5, 0.6) is 0 Å². The minimum atomic E-state index is -0.0564. The van der Waals surface area contributed by atoms with Crippen molar-refractivity contribution >= 4 is 17.7 Å². The number of rotatable bonds is 8. The smallest absolute Gasteiger partial charge is 0.230 e. The van der Waals surface area contributed by atoms with E-state index >= 15 is 0 Å². The first-order chi connectivity index (χ1) is 12.7. The molecule has 1 aromatic carbocycles. The molecule has 0 aliphatic carbocycles. The number of hydrogen-bond acceptors (Lipinski definition) is 5. The maximum atomic E-state index is 12.3.